The summed E-state index contributed by atoms with van der Waals surface area (Å²) in [6.45, 7) is 95.7. The van der Waals surface area contributed by atoms with Crippen LogP contribution in [0.2, 0.25) is 288 Å². The maximum absolute atomic E-state index is 10.1. The molecule has 0 aromatic heterocycles. The van der Waals surface area contributed by atoms with E-state index in [1.54, 1.807) is 26.2 Å². The topological polar surface area (TPSA) is 197 Å². The van der Waals surface area contributed by atoms with Crippen LogP contribution in [-0.2, 0) is 70.3 Å². The Hall–Kier alpha value is 3.58. The smallest absolute Gasteiger partial charge is 0.323 e. The summed E-state index contributed by atoms with van der Waals surface area (Å²) >= 11 is 0. The maximum atomic E-state index is 10.1. The van der Waals surface area contributed by atoms with E-state index < -0.39 is 175 Å². The molecular formula is C47H140O19Si20. The minimum Gasteiger partial charge on any atom is -0.437 e. The summed E-state index contributed by atoms with van der Waals surface area (Å²) in [4.78, 5) is 19.9. The molecular weight excluding hydrogens is 1430 g/mol. The van der Waals surface area contributed by atoms with Gasteiger partial charge in [-0.25, -0.2) is 0 Å². The molecule has 39 heteroatoms. The highest BCUT2D eigenvalue weighted by atomic mass is 28.5. The monoisotopic (exact) mass is 1570 g/mol. The molecule has 0 amide bonds. The summed E-state index contributed by atoms with van der Waals surface area (Å²) in [6, 6.07) is 0. The third-order valence-electron chi connectivity index (χ3n) is 10.1. The van der Waals surface area contributed by atoms with Crippen molar-refractivity contribution in [3.63, 3.8) is 0 Å². The lowest BCUT2D eigenvalue weighted by Crippen LogP contribution is -2.66. The second-order valence-electron chi connectivity index (χ2n) is 34.3. The summed E-state index contributed by atoms with van der Waals surface area (Å²) in [5.74, 6) is 0. The van der Waals surface area contributed by atoms with Crippen LogP contribution >= 0.6 is 0 Å². The van der Waals surface area contributed by atoms with Gasteiger partial charge in [0.2, 0.25) is 8.32 Å². The van der Waals surface area contributed by atoms with Crippen molar-refractivity contribution in [3.05, 3.63) is 0 Å². The van der Waals surface area contributed by atoms with Gasteiger partial charge in [0.25, 0.3) is 0 Å². The van der Waals surface area contributed by atoms with Crippen molar-refractivity contribution in [2.24, 2.45) is 0 Å². The van der Waals surface area contributed by atoms with E-state index in [-0.39, 0.29) is 0 Å². The van der Waals surface area contributed by atoms with Crippen molar-refractivity contribution in [1.29, 1.82) is 0 Å². The van der Waals surface area contributed by atoms with Crippen molar-refractivity contribution in [2.45, 2.75) is 307 Å². The third-order valence-corrected chi connectivity index (χ3v) is 79.3. The zero-order valence-electron chi connectivity index (χ0n) is 64.3. The van der Waals surface area contributed by atoms with Crippen LogP contribution in [0.3, 0.4) is 0 Å². The average molecular weight is 1570 g/mol. The molecule has 0 aromatic rings. The van der Waals surface area contributed by atoms with E-state index in [4.69, 9.17) is 70.3 Å². The molecule has 86 heavy (non-hydrogen) atoms. The highest BCUT2D eigenvalue weighted by molar-refractivity contribution is 6.94. The maximum Gasteiger partial charge on any atom is 0.323 e. The molecule has 0 heterocycles. The average Bonchev–Trinajstić information content (AvgIpc) is 2.94. The lowest BCUT2D eigenvalue weighted by molar-refractivity contribution is 0.116. The van der Waals surface area contributed by atoms with E-state index in [2.05, 4.69) is 223 Å². The highest BCUT2D eigenvalue weighted by Gasteiger charge is 2.54. The van der Waals surface area contributed by atoms with Crippen LogP contribution in [0.15, 0.2) is 0 Å². The lowest BCUT2D eigenvalue weighted by atomic mass is 10.5. The molecule has 522 valence electrons. The highest BCUT2D eigenvalue weighted by Crippen LogP contribution is 2.36. The molecule has 0 bridgehead atoms. The Balaban J connectivity index is -0.00000137. The zero-order chi connectivity index (χ0) is 70.5. The fourth-order valence-corrected chi connectivity index (χ4v) is 103. The molecule has 0 aliphatic rings. The zero-order valence-corrected chi connectivity index (χ0v) is 84.3. The van der Waals surface area contributed by atoms with E-state index >= 15 is 0 Å². The molecule has 0 saturated heterocycles. The number of hydrogen-bond acceptors (Lipinski definition) is 19. The van der Waals surface area contributed by atoms with Crippen molar-refractivity contribution >= 4 is 170 Å². The molecule has 0 aliphatic carbocycles. The molecule has 2 N–H and O–H groups in total. The van der Waals surface area contributed by atoms with Crippen LogP contribution in [0.4, 0.5) is 0 Å². The van der Waals surface area contributed by atoms with Crippen LogP contribution in [-0.4, -0.2) is 185 Å². The Morgan fingerprint density at radius 3 is 0.453 bits per heavy atom. The molecule has 19 nitrogen and oxygen atoms in total. The van der Waals surface area contributed by atoms with E-state index in [1.165, 1.54) is 0 Å². The summed E-state index contributed by atoms with van der Waals surface area (Å²) in [6.07, 6.45) is 0. The first-order chi connectivity index (χ1) is 36.3. The van der Waals surface area contributed by atoms with Crippen molar-refractivity contribution in [1.82, 2.24) is 0 Å². The molecule has 0 fully saturated rings. The van der Waals surface area contributed by atoms with Crippen LogP contribution in [0.1, 0.15) is 13.8 Å². The first-order valence-electron chi connectivity index (χ1n) is 30.6. The molecule has 0 atom stereocenters. The lowest BCUT2D eigenvalue weighted by Gasteiger charge is -2.49. The Morgan fingerprint density at radius 1 is 0.174 bits per heavy atom. The largest absolute Gasteiger partial charge is 0.437 e. The van der Waals surface area contributed by atoms with Crippen LogP contribution in [0.25, 0.3) is 0 Å². The van der Waals surface area contributed by atoms with Gasteiger partial charge in [0, 0.05) is 0 Å². The van der Waals surface area contributed by atoms with Gasteiger partial charge in [0.1, 0.15) is 0 Å². The first kappa shape index (κ1) is 93.8. The molecule has 0 aromatic carbocycles. The molecule has 0 aliphatic heterocycles. The predicted octanol–water partition coefficient (Wildman–Crippen LogP) is 16.6. The second kappa shape index (κ2) is 31.6. The Labute approximate surface area is 552 Å². The minimum absolute atomic E-state index is 0.532. The van der Waals surface area contributed by atoms with Crippen LogP contribution in [0, 0.1) is 0 Å². The first-order valence-corrected chi connectivity index (χ1v) is 89.5. The van der Waals surface area contributed by atoms with Gasteiger partial charge in [-0.1, -0.05) is 0 Å². The quantitative estimate of drug-likeness (QED) is 0.0568. The SMILES string of the molecule is CC(C)(O[Si](C)(C)O[Si](C)(C)O[Si](C)(C)O[Si](C)(C)C)[Si](C)(C)O[Si](C)(C)O[Si](C)(C)O[Si](C)(C)O[Si](C)(C)O[Si](C)(C)C.C[Si](C)(C)O[Si](C)(C)O[Si](C)(C)O[Si](C)(C)O.C[Si](C)(C)O[Si](C)(C)O[Si](C)(C)O[Si](C)(C)O[Si](C)(C)O[Si](C)(C)O. The van der Waals surface area contributed by atoms with Crippen LogP contribution in [0.5, 0.6) is 0 Å². The number of hydrogen-bond donors (Lipinski definition) is 2. The van der Waals surface area contributed by atoms with Gasteiger partial charge in [0.15, 0.2) is 33.3 Å². The Bertz CT molecular complexity index is 1990. The molecule has 0 radical (unpaired) electrons. The molecule has 0 saturated carbocycles. The minimum atomic E-state index is -2.64. The van der Waals surface area contributed by atoms with Gasteiger partial charge < -0.3 is 79.9 Å². The Morgan fingerprint density at radius 2 is 0.302 bits per heavy atom. The second-order valence-corrected chi connectivity index (χ2v) is 111. The van der Waals surface area contributed by atoms with Crippen LogP contribution < -0.4 is 0 Å². The van der Waals surface area contributed by atoms with Gasteiger partial charge in [0.05, 0.1) is 5.22 Å². The Kier molecular flexibility index (Phi) is 34.5. The predicted molar refractivity (Wildman–Crippen MR) is 410 cm³/mol. The van der Waals surface area contributed by atoms with Gasteiger partial charge in [-0.2, -0.15) is 0 Å². The van der Waals surface area contributed by atoms with Gasteiger partial charge in [-0.05, 0) is 302 Å². The normalized spacial score (nSPS) is 15.8. The summed E-state index contributed by atoms with van der Waals surface area (Å²) in [5, 5.41) is -0.532. The van der Waals surface area contributed by atoms with Crippen molar-refractivity contribution in [2.75, 3.05) is 0 Å². The fraction of sp³-hybridized carbons (Fsp3) is 1.00. The third kappa shape index (κ3) is 50.0. The van der Waals surface area contributed by atoms with Gasteiger partial charge in [-0.15, -0.1) is 0 Å². The summed E-state index contributed by atoms with van der Waals surface area (Å²) in [5.41, 5.74) is 0. The summed E-state index contributed by atoms with van der Waals surface area (Å²) < 4.78 is 110. The van der Waals surface area contributed by atoms with E-state index in [0.717, 1.165) is 0 Å². The number of rotatable bonds is 35. The van der Waals surface area contributed by atoms with Gasteiger partial charge >= 0.3 is 128 Å². The molecule has 0 spiro atoms. The fourth-order valence-electron chi connectivity index (χ4n) is 11.2. The van der Waals surface area contributed by atoms with E-state index in [9.17, 15) is 9.59 Å². The van der Waals surface area contributed by atoms with Gasteiger partial charge in [-0.3, -0.25) is 0 Å². The molecule has 0 unspecified atom stereocenters. The summed E-state index contributed by atoms with van der Waals surface area (Å²) in [7, 11) is -46.1. The van der Waals surface area contributed by atoms with E-state index in [1.807, 2.05) is 52.4 Å². The van der Waals surface area contributed by atoms with E-state index in [0.29, 0.717) is 0 Å². The van der Waals surface area contributed by atoms with Crippen molar-refractivity contribution < 1.29 is 79.9 Å². The molecule has 0 rings (SSSR count). The van der Waals surface area contributed by atoms with Crippen molar-refractivity contribution in [3.8, 4) is 0 Å². The standard InChI is InChI=1S/C25H72O9Si10.C13H40O6Si6.C9H28O4Si4/c1-25(2,26-38(11,12)30-42(19,20)31-39(13,14)27-35(3,4)5)37(9,10)29-41(17,18)33-44(23,24)34-43(21,22)32-40(15,16)28-36(6,7)8;1-20(2,3)15-22(6,7)17-24(10,11)19-25(12,13)18-23(8,9)16-21(4,5)14;1-14(2,3)11-16(6,7)13-17(8,9)12-15(4,5)10/h1-24H3;14H,1-13H3;10H,1-9H3.